The standard InChI is InChI=1S/C11H10O3/c1-6-4-3-5-8-9(12)7(2)11(13)14-10(6)8/h3,5-6H,2,4H2,1H3. The molecule has 0 radical (unpaired) electrons. The fourth-order valence-electron chi connectivity index (χ4n) is 1.60. The van der Waals surface area contributed by atoms with Gasteiger partial charge in [-0.05, 0) is 6.42 Å². The first-order valence-corrected chi connectivity index (χ1v) is 4.47. The molecule has 3 nitrogen and oxygen atoms in total. The third-order valence-electron chi connectivity index (χ3n) is 2.45. The third kappa shape index (κ3) is 1.13. The Morgan fingerprint density at radius 3 is 2.93 bits per heavy atom. The molecule has 1 aliphatic heterocycles. The van der Waals surface area contributed by atoms with E-state index in [4.69, 9.17) is 4.74 Å². The van der Waals surface area contributed by atoms with E-state index < -0.39 is 5.97 Å². The zero-order chi connectivity index (χ0) is 10.3. The summed E-state index contributed by atoms with van der Waals surface area (Å²) < 4.78 is 5.05. The minimum atomic E-state index is -0.615. The SMILES string of the molecule is C=C1C(=O)OC2=C(C=CCC2C)C1=O. The number of ether oxygens (including phenoxy) is 1. The summed E-state index contributed by atoms with van der Waals surface area (Å²) in [6.45, 7) is 5.32. The first kappa shape index (κ1) is 8.94. The van der Waals surface area contributed by atoms with Crippen molar-refractivity contribution in [3.63, 3.8) is 0 Å². The van der Waals surface area contributed by atoms with Gasteiger partial charge in [0, 0.05) is 5.92 Å². The van der Waals surface area contributed by atoms with Crippen LogP contribution in [0.3, 0.4) is 0 Å². The molecule has 1 heterocycles. The summed E-state index contributed by atoms with van der Waals surface area (Å²) in [6.07, 6.45) is 4.41. The number of hydrogen-bond acceptors (Lipinski definition) is 3. The van der Waals surface area contributed by atoms with Gasteiger partial charge in [0.05, 0.1) is 5.57 Å². The quantitative estimate of drug-likeness (QED) is 0.330. The lowest BCUT2D eigenvalue weighted by atomic mass is 9.89. The molecule has 0 aromatic rings. The highest BCUT2D eigenvalue weighted by Gasteiger charge is 2.33. The number of rotatable bonds is 0. The third-order valence-corrected chi connectivity index (χ3v) is 2.45. The van der Waals surface area contributed by atoms with E-state index in [9.17, 15) is 9.59 Å². The molecular formula is C11H10O3. The van der Waals surface area contributed by atoms with Crippen LogP contribution in [-0.2, 0) is 14.3 Å². The van der Waals surface area contributed by atoms with E-state index in [1.54, 1.807) is 6.08 Å². The fraction of sp³-hybridized carbons (Fsp3) is 0.273. The fourth-order valence-corrected chi connectivity index (χ4v) is 1.60. The summed E-state index contributed by atoms with van der Waals surface area (Å²) in [5, 5.41) is 0. The molecule has 0 bridgehead atoms. The van der Waals surface area contributed by atoms with E-state index in [0.29, 0.717) is 11.3 Å². The van der Waals surface area contributed by atoms with Crippen molar-refractivity contribution in [2.75, 3.05) is 0 Å². The van der Waals surface area contributed by atoms with Crippen molar-refractivity contribution >= 4 is 11.8 Å². The predicted molar refractivity (Wildman–Crippen MR) is 50.2 cm³/mol. The second-order valence-corrected chi connectivity index (χ2v) is 3.51. The Bertz CT molecular complexity index is 399. The van der Waals surface area contributed by atoms with E-state index in [1.165, 1.54) is 0 Å². The maximum absolute atomic E-state index is 11.6. The maximum Gasteiger partial charge on any atom is 0.346 e. The number of Topliss-reactive ketones (excluding diaryl/α,β-unsaturated/α-hetero) is 1. The summed E-state index contributed by atoms with van der Waals surface area (Å²) >= 11 is 0. The number of hydrogen-bond donors (Lipinski definition) is 0. The molecule has 14 heavy (non-hydrogen) atoms. The Balaban J connectivity index is 2.52. The predicted octanol–water partition coefficient (Wildman–Crippen LogP) is 1.52. The molecule has 0 saturated carbocycles. The summed E-state index contributed by atoms with van der Waals surface area (Å²) in [5.74, 6) is -0.333. The van der Waals surface area contributed by atoms with E-state index in [0.717, 1.165) is 6.42 Å². The topological polar surface area (TPSA) is 43.4 Å². The zero-order valence-corrected chi connectivity index (χ0v) is 7.87. The average molecular weight is 190 g/mol. The minimum Gasteiger partial charge on any atom is -0.426 e. The molecule has 0 amide bonds. The molecule has 0 saturated heterocycles. The van der Waals surface area contributed by atoms with E-state index in [2.05, 4.69) is 6.58 Å². The van der Waals surface area contributed by atoms with Gasteiger partial charge in [0.15, 0.2) is 0 Å². The number of carbonyl (C=O) groups is 2. The Kier molecular flexibility index (Phi) is 1.88. The van der Waals surface area contributed by atoms with Crippen LogP contribution in [0, 0.1) is 5.92 Å². The van der Waals surface area contributed by atoms with Crippen LogP contribution < -0.4 is 0 Å². The molecule has 0 fully saturated rings. The zero-order valence-electron chi connectivity index (χ0n) is 7.87. The minimum absolute atomic E-state index is 0.0810. The summed E-state index contributed by atoms with van der Waals surface area (Å²) in [4.78, 5) is 22.8. The monoisotopic (exact) mass is 190 g/mol. The second-order valence-electron chi connectivity index (χ2n) is 3.51. The lowest BCUT2D eigenvalue weighted by molar-refractivity contribution is -0.138. The van der Waals surface area contributed by atoms with Crippen LogP contribution in [0.5, 0.6) is 0 Å². The molecule has 0 aromatic heterocycles. The van der Waals surface area contributed by atoms with Gasteiger partial charge in [-0.25, -0.2) is 4.79 Å². The summed E-state index contributed by atoms with van der Waals surface area (Å²) in [6, 6.07) is 0. The van der Waals surface area contributed by atoms with Crippen molar-refractivity contribution in [1.82, 2.24) is 0 Å². The molecule has 2 rings (SSSR count). The Labute approximate surface area is 81.7 Å². The van der Waals surface area contributed by atoms with Crippen LogP contribution in [0.25, 0.3) is 0 Å². The normalized spacial score (nSPS) is 26.4. The van der Waals surface area contributed by atoms with Gasteiger partial charge in [0.2, 0.25) is 5.78 Å². The number of ketones is 1. The molecule has 0 spiro atoms. The highest BCUT2D eigenvalue weighted by Crippen LogP contribution is 2.31. The molecule has 1 atom stereocenters. The van der Waals surface area contributed by atoms with Gasteiger partial charge in [-0.1, -0.05) is 25.7 Å². The molecule has 1 unspecified atom stereocenters. The molecule has 1 aliphatic carbocycles. The highest BCUT2D eigenvalue weighted by atomic mass is 16.5. The lowest BCUT2D eigenvalue weighted by Crippen LogP contribution is -2.27. The molecule has 0 aromatic carbocycles. The number of carbonyl (C=O) groups excluding carboxylic acids is 2. The van der Waals surface area contributed by atoms with E-state index in [-0.39, 0.29) is 17.3 Å². The van der Waals surface area contributed by atoms with Gasteiger partial charge in [-0.15, -0.1) is 0 Å². The number of allylic oxidation sites excluding steroid dienone is 4. The van der Waals surface area contributed by atoms with Gasteiger partial charge < -0.3 is 4.74 Å². The lowest BCUT2D eigenvalue weighted by Gasteiger charge is -2.24. The van der Waals surface area contributed by atoms with Crippen molar-refractivity contribution in [2.45, 2.75) is 13.3 Å². The molecule has 72 valence electrons. The molecular weight excluding hydrogens is 180 g/mol. The van der Waals surface area contributed by atoms with Gasteiger partial charge in [-0.3, -0.25) is 4.79 Å². The van der Waals surface area contributed by atoms with Crippen LogP contribution in [0.1, 0.15) is 13.3 Å². The Hall–Kier alpha value is -1.64. The van der Waals surface area contributed by atoms with Crippen LogP contribution in [0.2, 0.25) is 0 Å². The van der Waals surface area contributed by atoms with Crippen molar-refractivity contribution in [2.24, 2.45) is 5.92 Å². The largest absolute Gasteiger partial charge is 0.426 e. The molecule has 2 aliphatic rings. The first-order valence-electron chi connectivity index (χ1n) is 4.47. The Morgan fingerprint density at radius 2 is 2.21 bits per heavy atom. The van der Waals surface area contributed by atoms with Crippen molar-refractivity contribution in [3.8, 4) is 0 Å². The van der Waals surface area contributed by atoms with Gasteiger partial charge in [-0.2, -0.15) is 0 Å². The van der Waals surface area contributed by atoms with Crippen LogP contribution >= 0.6 is 0 Å². The van der Waals surface area contributed by atoms with Crippen molar-refractivity contribution in [1.29, 1.82) is 0 Å². The second kappa shape index (κ2) is 2.94. The Morgan fingerprint density at radius 1 is 1.50 bits per heavy atom. The highest BCUT2D eigenvalue weighted by molar-refractivity contribution is 6.26. The van der Waals surface area contributed by atoms with Gasteiger partial charge in [0.1, 0.15) is 11.3 Å². The average Bonchev–Trinajstić information content (AvgIpc) is 2.17. The molecule has 0 N–H and O–H groups in total. The summed E-state index contributed by atoms with van der Waals surface area (Å²) in [5.41, 5.74) is 0.399. The molecule has 3 heteroatoms. The maximum atomic E-state index is 11.6. The van der Waals surface area contributed by atoms with E-state index in [1.807, 2.05) is 13.0 Å². The van der Waals surface area contributed by atoms with Crippen LogP contribution in [0.15, 0.2) is 35.6 Å². The van der Waals surface area contributed by atoms with Crippen LogP contribution in [0.4, 0.5) is 0 Å². The summed E-state index contributed by atoms with van der Waals surface area (Å²) in [7, 11) is 0. The van der Waals surface area contributed by atoms with Crippen molar-refractivity contribution in [3.05, 3.63) is 35.6 Å². The van der Waals surface area contributed by atoms with E-state index >= 15 is 0 Å². The van der Waals surface area contributed by atoms with Crippen LogP contribution in [-0.4, -0.2) is 11.8 Å². The van der Waals surface area contributed by atoms with Crippen molar-refractivity contribution < 1.29 is 14.3 Å². The number of esters is 1. The van der Waals surface area contributed by atoms with Gasteiger partial charge in [0.25, 0.3) is 0 Å². The van der Waals surface area contributed by atoms with Gasteiger partial charge >= 0.3 is 5.97 Å². The first-order chi connectivity index (χ1) is 6.61. The smallest absolute Gasteiger partial charge is 0.346 e.